The van der Waals surface area contributed by atoms with Crippen molar-refractivity contribution in [1.29, 1.82) is 0 Å². The number of amides is 1. The third-order valence-corrected chi connectivity index (χ3v) is 2.48. The Bertz CT molecular complexity index is 583. The fraction of sp³-hybridized carbons (Fsp3) is 0.0833. The molecule has 2 heterocycles. The topological polar surface area (TPSA) is 51.5 Å². The van der Waals surface area contributed by atoms with Gasteiger partial charge in [-0.25, -0.2) is 0 Å². The summed E-state index contributed by atoms with van der Waals surface area (Å²) in [7, 11) is 0. The SMILES string of the molecule is O=C1C=C(c2coc3ccccc23)OCN1. The smallest absolute Gasteiger partial charge is 0.250 e. The highest BCUT2D eigenvalue weighted by Gasteiger charge is 2.16. The van der Waals surface area contributed by atoms with Gasteiger partial charge in [-0.15, -0.1) is 0 Å². The summed E-state index contributed by atoms with van der Waals surface area (Å²) in [6, 6.07) is 7.64. The van der Waals surface area contributed by atoms with E-state index in [1.54, 1.807) is 6.26 Å². The van der Waals surface area contributed by atoms with Crippen LogP contribution in [-0.4, -0.2) is 12.6 Å². The lowest BCUT2D eigenvalue weighted by Crippen LogP contribution is -2.28. The van der Waals surface area contributed by atoms with Gasteiger partial charge in [0, 0.05) is 11.5 Å². The minimum absolute atomic E-state index is 0.147. The van der Waals surface area contributed by atoms with E-state index in [-0.39, 0.29) is 12.6 Å². The highest BCUT2D eigenvalue weighted by Crippen LogP contribution is 2.28. The van der Waals surface area contributed by atoms with Crippen molar-refractivity contribution in [1.82, 2.24) is 5.32 Å². The van der Waals surface area contributed by atoms with E-state index in [2.05, 4.69) is 5.32 Å². The van der Waals surface area contributed by atoms with Crippen LogP contribution in [0.1, 0.15) is 5.56 Å². The number of rotatable bonds is 1. The predicted molar refractivity (Wildman–Crippen MR) is 58.3 cm³/mol. The zero-order chi connectivity index (χ0) is 11.0. The Morgan fingerprint density at radius 1 is 1.25 bits per heavy atom. The van der Waals surface area contributed by atoms with Crippen LogP contribution in [0.3, 0.4) is 0 Å². The van der Waals surface area contributed by atoms with Crippen LogP contribution in [0.5, 0.6) is 0 Å². The van der Waals surface area contributed by atoms with Crippen molar-refractivity contribution in [2.75, 3.05) is 6.73 Å². The second-order valence-corrected chi connectivity index (χ2v) is 3.48. The van der Waals surface area contributed by atoms with E-state index in [0.29, 0.717) is 5.76 Å². The van der Waals surface area contributed by atoms with Gasteiger partial charge in [-0.05, 0) is 6.07 Å². The highest BCUT2D eigenvalue weighted by atomic mass is 16.5. The molecular weight excluding hydrogens is 206 g/mol. The molecule has 1 N–H and O–H groups in total. The first-order chi connectivity index (χ1) is 7.84. The van der Waals surface area contributed by atoms with Crippen LogP contribution in [0.4, 0.5) is 0 Å². The van der Waals surface area contributed by atoms with Gasteiger partial charge in [0.15, 0.2) is 6.73 Å². The number of benzene rings is 1. The highest BCUT2D eigenvalue weighted by molar-refractivity contribution is 5.99. The molecule has 1 aromatic carbocycles. The molecule has 4 nitrogen and oxygen atoms in total. The largest absolute Gasteiger partial charge is 0.472 e. The molecule has 0 fully saturated rings. The fourth-order valence-corrected chi connectivity index (χ4v) is 1.72. The average molecular weight is 215 g/mol. The molecule has 1 aromatic heterocycles. The zero-order valence-electron chi connectivity index (χ0n) is 8.40. The Kier molecular flexibility index (Phi) is 1.93. The molecule has 0 aliphatic carbocycles. The number of nitrogens with one attached hydrogen (secondary N) is 1. The second-order valence-electron chi connectivity index (χ2n) is 3.48. The summed E-state index contributed by atoms with van der Waals surface area (Å²) in [5.41, 5.74) is 1.60. The quantitative estimate of drug-likeness (QED) is 0.790. The minimum atomic E-state index is -0.147. The maximum atomic E-state index is 11.2. The summed E-state index contributed by atoms with van der Waals surface area (Å²) in [6.45, 7) is 0.199. The number of furan rings is 1. The molecule has 0 saturated heterocycles. The summed E-state index contributed by atoms with van der Waals surface area (Å²) in [5, 5.41) is 3.50. The van der Waals surface area contributed by atoms with Crippen molar-refractivity contribution in [3.05, 3.63) is 42.2 Å². The minimum Gasteiger partial charge on any atom is -0.472 e. The molecular formula is C12H9NO3. The molecule has 3 rings (SSSR count). The number of carbonyl (C=O) groups is 1. The summed E-state index contributed by atoms with van der Waals surface area (Å²) in [6.07, 6.45) is 3.04. The van der Waals surface area contributed by atoms with Crippen LogP contribution in [-0.2, 0) is 9.53 Å². The Balaban J connectivity index is 2.15. The molecule has 0 bridgehead atoms. The Hall–Kier alpha value is -2.23. The van der Waals surface area contributed by atoms with Gasteiger partial charge < -0.3 is 14.5 Å². The molecule has 0 saturated carbocycles. The lowest BCUT2D eigenvalue weighted by atomic mass is 10.1. The van der Waals surface area contributed by atoms with Gasteiger partial charge >= 0.3 is 0 Å². The third-order valence-electron chi connectivity index (χ3n) is 2.48. The van der Waals surface area contributed by atoms with Crippen LogP contribution in [0.15, 0.2) is 41.0 Å². The summed E-state index contributed by atoms with van der Waals surface area (Å²) < 4.78 is 10.8. The Morgan fingerprint density at radius 3 is 3.00 bits per heavy atom. The summed E-state index contributed by atoms with van der Waals surface area (Å²) in [5.74, 6) is 0.403. The number of fused-ring (bicyclic) bond motifs is 1. The molecule has 1 amide bonds. The molecule has 0 unspecified atom stereocenters. The van der Waals surface area contributed by atoms with Crippen LogP contribution in [0.25, 0.3) is 16.7 Å². The van der Waals surface area contributed by atoms with Crippen LogP contribution in [0.2, 0.25) is 0 Å². The van der Waals surface area contributed by atoms with E-state index in [4.69, 9.17) is 9.15 Å². The van der Waals surface area contributed by atoms with E-state index >= 15 is 0 Å². The maximum Gasteiger partial charge on any atom is 0.250 e. The van der Waals surface area contributed by atoms with Crippen molar-refractivity contribution in [2.45, 2.75) is 0 Å². The van der Waals surface area contributed by atoms with Crippen molar-refractivity contribution in [2.24, 2.45) is 0 Å². The monoisotopic (exact) mass is 215 g/mol. The normalized spacial score (nSPS) is 15.5. The van der Waals surface area contributed by atoms with Gasteiger partial charge in [-0.3, -0.25) is 4.79 Å². The first kappa shape index (κ1) is 9.03. The molecule has 0 radical (unpaired) electrons. The lowest BCUT2D eigenvalue weighted by molar-refractivity contribution is -0.118. The van der Waals surface area contributed by atoms with E-state index in [9.17, 15) is 4.79 Å². The van der Waals surface area contributed by atoms with E-state index in [0.717, 1.165) is 16.5 Å². The molecule has 0 spiro atoms. The number of hydrogen-bond donors (Lipinski definition) is 1. The first-order valence-corrected chi connectivity index (χ1v) is 4.93. The number of ether oxygens (including phenoxy) is 1. The van der Waals surface area contributed by atoms with E-state index in [1.807, 2.05) is 24.3 Å². The lowest BCUT2D eigenvalue weighted by Gasteiger charge is -2.14. The summed E-state index contributed by atoms with van der Waals surface area (Å²) in [4.78, 5) is 11.2. The van der Waals surface area contributed by atoms with Gasteiger partial charge in [0.25, 0.3) is 0 Å². The van der Waals surface area contributed by atoms with E-state index < -0.39 is 0 Å². The molecule has 1 aliphatic rings. The average Bonchev–Trinajstić information content (AvgIpc) is 2.72. The second kappa shape index (κ2) is 3.41. The first-order valence-electron chi connectivity index (χ1n) is 4.93. The molecule has 2 aromatic rings. The van der Waals surface area contributed by atoms with Gasteiger partial charge in [0.05, 0.1) is 5.56 Å². The van der Waals surface area contributed by atoms with Crippen molar-refractivity contribution in [3.8, 4) is 0 Å². The predicted octanol–water partition coefficient (Wildman–Crippen LogP) is 1.88. The molecule has 1 aliphatic heterocycles. The molecule has 80 valence electrons. The molecule has 4 heteroatoms. The molecule has 16 heavy (non-hydrogen) atoms. The Morgan fingerprint density at radius 2 is 2.12 bits per heavy atom. The van der Waals surface area contributed by atoms with Gasteiger partial charge in [0.1, 0.15) is 17.6 Å². The van der Waals surface area contributed by atoms with Crippen LogP contribution in [0, 0.1) is 0 Å². The number of para-hydroxylation sites is 1. The number of carbonyl (C=O) groups excluding carboxylic acids is 1. The Labute approximate surface area is 91.5 Å². The van der Waals surface area contributed by atoms with Crippen molar-refractivity contribution < 1.29 is 13.9 Å². The number of hydrogen-bond acceptors (Lipinski definition) is 3. The maximum absolute atomic E-state index is 11.2. The van der Waals surface area contributed by atoms with E-state index in [1.165, 1.54) is 6.08 Å². The van der Waals surface area contributed by atoms with Gasteiger partial charge in [0.2, 0.25) is 5.91 Å². The van der Waals surface area contributed by atoms with Crippen molar-refractivity contribution in [3.63, 3.8) is 0 Å². The van der Waals surface area contributed by atoms with Gasteiger partial charge in [-0.2, -0.15) is 0 Å². The third kappa shape index (κ3) is 1.35. The van der Waals surface area contributed by atoms with Crippen LogP contribution < -0.4 is 5.32 Å². The zero-order valence-corrected chi connectivity index (χ0v) is 8.40. The van der Waals surface area contributed by atoms with Crippen molar-refractivity contribution >= 4 is 22.6 Å². The summed E-state index contributed by atoms with van der Waals surface area (Å²) >= 11 is 0. The molecule has 0 atom stereocenters. The van der Waals surface area contributed by atoms with Crippen LogP contribution >= 0.6 is 0 Å². The fourth-order valence-electron chi connectivity index (χ4n) is 1.72. The van der Waals surface area contributed by atoms with Gasteiger partial charge in [-0.1, -0.05) is 18.2 Å². The standard InChI is InChI=1S/C12H9NO3/c14-12-5-11(16-7-13-12)9-6-15-10-4-2-1-3-8(9)10/h1-6H,7H2,(H,13,14).